The van der Waals surface area contributed by atoms with Crippen molar-refractivity contribution in [3.8, 4) is 0 Å². The van der Waals surface area contributed by atoms with Gasteiger partial charge in [-0.1, -0.05) is 0 Å². The third kappa shape index (κ3) is 4.74. The highest BCUT2D eigenvalue weighted by atomic mass is 79.9. The molecule has 1 aromatic carbocycles. The molecule has 1 N–H and O–H groups in total. The van der Waals surface area contributed by atoms with E-state index in [0.29, 0.717) is 40.8 Å². The Bertz CT molecular complexity index is 652. The first-order chi connectivity index (χ1) is 11.3. The van der Waals surface area contributed by atoms with Gasteiger partial charge in [0.1, 0.15) is 0 Å². The van der Waals surface area contributed by atoms with Crippen LogP contribution in [0.2, 0.25) is 0 Å². The summed E-state index contributed by atoms with van der Waals surface area (Å²) in [6.07, 6.45) is 0. The van der Waals surface area contributed by atoms with Gasteiger partial charge >= 0.3 is 0 Å². The normalized spacial score (nSPS) is 15.2. The van der Waals surface area contributed by atoms with Crippen molar-refractivity contribution < 1.29 is 14.5 Å². The summed E-state index contributed by atoms with van der Waals surface area (Å²) in [7, 11) is 0. The Morgan fingerprint density at radius 3 is 2.21 bits per heavy atom. The molecule has 10 heteroatoms. The van der Waals surface area contributed by atoms with E-state index < -0.39 is 4.92 Å². The lowest BCUT2D eigenvalue weighted by molar-refractivity contribution is -0.385. The highest BCUT2D eigenvalue weighted by molar-refractivity contribution is 9.11. The first-order valence-corrected chi connectivity index (χ1v) is 8.77. The summed E-state index contributed by atoms with van der Waals surface area (Å²) in [5.41, 5.74) is 0.375. The molecular formula is C14H16Br2N4O4. The first-order valence-electron chi connectivity index (χ1n) is 7.19. The van der Waals surface area contributed by atoms with Crippen LogP contribution >= 0.6 is 31.9 Å². The van der Waals surface area contributed by atoms with Crippen LogP contribution in [0.4, 0.5) is 11.4 Å². The number of carbonyl (C=O) groups excluding carboxylic acids is 2. The number of nitrogens with zero attached hydrogens (tertiary/aromatic N) is 3. The molecule has 0 aromatic heterocycles. The minimum atomic E-state index is -0.504. The second-order valence-corrected chi connectivity index (χ2v) is 7.08. The smallest absolute Gasteiger partial charge is 0.271 e. The SMILES string of the molecule is CC(=O)N1CCN(CC(=O)Nc2c(Br)cc([N+](=O)[O-])cc2Br)CC1. The van der Waals surface area contributed by atoms with Gasteiger partial charge in [-0.3, -0.25) is 24.6 Å². The van der Waals surface area contributed by atoms with Gasteiger partial charge in [-0.05, 0) is 31.9 Å². The van der Waals surface area contributed by atoms with Gasteiger partial charge in [0.05, 0.1) is 17.2 Å². The Hall–Kier alpha value is -1.52. The van der Waals surface area contributed by atoms with Gasteiger partial charge in [0, 0.05) is 54.2 Å². The fraction of sp³-hybridized carbons (Fsp3) is 0.429. The molecule has 1 aliphatic heterocycles. The zero-order valence-corrected chi connectivity index (χ0v) is 16.1. The number of benzene rings is 1. The number of nitro benzene ring substituents is 1. The standard InChI is InChI=1S/C14H16Br2N4O4/c1-9(21)19-4-2-18(3-5-19)8-13(22)17-14-11(15)6-10(20(23)24)7-12(14)16/h6-7H,2-5,8H2,1H3,(H,17,22). The number of carbonyl (C=O) groups is 2. The van der Waals surface area contributed by atoms with Gasteiger partial charge in [0.15, 0.2) is 0 Å². The van der Waals surface area contributed by atoms with Crippen LogP contribution < -0.4 is 5.32 Å². The highest BCUT2D eigenvalue weighted by Gasteiger charge is 2.21. The summed E-state index contributed by atoms with van der Waals surface area (Å²) in [6, 6.07) is 2.68. The van der Waals surface area contributed by atoms with Crippen LogP contribution in [0, 0.1) is 10.1 Å². The second-order valence-electron chi connectivity index (χ2n) is 5.37. The fourth-order valence-electron chi connectivity index (χ4n) is 2.39. The molecule has 1 aromatic rings. The van der Waals surface area contributed by atoms with Gasteiger partial charge in [-0.25, -0.2) is 0 Å². The average Bonchev–Trinajstić information content (AvgIpc) is 2.51. The number of amides is 2. The van der Waals surface area contributed by atoms with Crippen LogP contribution in [0.25, 0.3) is 0 Å². The van der Waals surface area contributed by atoms with Gasteiger partial charge in [0.2, 0.25) is 11.8 Å². The van der Waals surface area contributed by atoms with Crippen LogP contribution in [0.5, 0.6) is 0 Å². The maximum absolute atomic E-state index is 12.2. The molecule has 0 aliphatic carbocycles. The maximum atomic E-state index is 12.2. The Morgan fingerprint density at radius 1 is 1.21 bits per heavy atom. The van der Waals surface area contributed by atoms with E-state index in [1.807, 2.05) is 4.90 Å². The molecule has 2 rings (SSSR count). The molecule has 1 saturated heterocycles. The third-order valence-electron chi connectivity index (χ3n) is 3.69. The molecule has 130 valence electrons. The first kappa shape index (κ1) is 18.8. The second kappa shape index (κ2) is 8.04. The van der Waals surface area contributed by atoms with Crippen molar-refractivity contribution >= 4 is 55.0 Å². The summed E-state index contributed by atoms with van der Waals surface area (Å²) < 4.78 is 0.858. The van der Waals surface area contributed by atoms with Crippen LogP contribution in [-0.2, 0) is 9.59 Å². The number of piperazine rings is 1. The summed E-state index contributed by atoms with van der Waals surface area (Å²) in [5.74, 6) is -0.181. The van der Waals surface area contributed by atoms with Crippen molar-refractivity contribution in [1.82, 2.24) is 9.80 Å². The van der Waals surface area contributed by atoms with Crippen molar-refractivity contribution in [2.24, 2.45) is 0 Å². The monoisotopic (exact) mass is 462 g/mol. The molecule has 0 spiro atoms. The number of non-ortho nitro benzene ring substituents is 1. The van der Waals surface area contributed by atoms with Crippen LogP contribution in [0.15, 0.2) is 21.1 Å². The molecule has 0 radical (unpaired) electrons. The lowest BCUT2D eigenvalue weighted by Gasteiger charge is -2.33. The molecular weight excluding hydrogens is 448 g/mol. The minimum absolute atomic E-state index is 0.0397. The highest BCUT2D eigenvalue weighted by Crippen LogP contribution is 2.35. The molecule has 8 nitrogen and oxygen atoms in total. The molecule has 0 bridgehead atoms. The Balaban J connectivity index is 1.96. The van der Waals surface area contributed by atoms with E-state index in [1.54, 1.807) is 4.90 Å². The Labute approximate surface area is 155 Å². The van der Waals surface area contributed by atoms with E-state index in [1.165, 1.54) is 19.1 Å². The van der Waals surface area contributed by atoms with Crippen LogP contribution in [-0.4, -0.2) is 59.3 Å². The molecule has 1 fully saturated rings. The molecule has 0 atom stereocenters. The molecule has 24 heavy (non-hydrogen) atoms. The number of nitro groups is 1. The minimum Gasteiger partial charge on any atom is -0.340 e. The lowest BCUT2D eigenvalue weighted by atomic mass is 10.2. The van der Waals surface area contributed by atoms with Crippen molar-refractivity contribution in [1.29, 1.82) is 0 Å². The summed E-state index contributed by atoms with van der Waals surface area (Å²) in [5, 5.41) is 13.6. The molecule has 2 amide bonds. The molecule has 0 unspecified atom stereocenters. The van der Waals surface area contributed by atoms with E-state index in [0.717, 1.165) is 0 Å². The van der Waals surface area contributed by atoms with E-state index in [-0.39, 0.29) is 24.0 Å². The molecule has 1 aliphatic rings. The fourth-order valence-corrected chi connectivity index (χ4v) is 3.75. The van der Waals surface area contributed by atoms with Gasteiger partial charge < -0.3 is 10.2 Å². The van der Waals surface area contributed by atoms with Gasteiger partial charge in [0.25, 0.3) is 5.69 Å². The van der Waals surface area contributed by atoms with E-state index in [4.69, 9.17) is 0 Å². The van der Waals surface area contributed by atoms with Crippen molar-refractivity contribution in [2.75, 3.05) is 38.0 Å². The summed E-state index contributed by atoms with van der Waals surface area (Å²) in [4.78, 5) is 37.5. The predicted molar refractivity (Wildman–Crippen MR) is 95.8 cm³/mol. The molecule has 0 saturated carbocycles. The number of hydrogen-bond donors (Lipinski definition) is 1. The lowest BCUT2D eigenvalue weighted by Crippen LogP contribution is -2.49. The average molecular weight is 464 g/mol. The van der Waals surface area contributed by atoms with Crippen molar-refractivity contribution in [3.05, 3.63) is 31.2 Å². The molecule has 1 heterocycles. The number of hydrogen-bond acceptors (Lipinski definition) is 5. The van der Waals surface area contributed by atoms with E-state index in [9.17, 15) is 19.7 Å². The van der Waals surface area contributed by atoms with Crippen LogP contribution in [0.3, 0.4) is 0 Å². The zero-order chi connectivity index (χ0) is 17.9. The van der Waals surface area contributed by atoms with E-state index in [2.05, 4.69) is 37.2 Å². The van der Waals surface area contributed by atoms with Crippen molar-refractivity contribution in [2.45, 2.75) is 6.92 Å². The number of nitrogens with one attached hydrogen (secondary N) is 1. The third-order valence-corrected chi connectivity index (χ3v) is 4.94. The van der Waals surface area contributed by atoms with E-state index >= 15 is 0 Å². The van der Waals surface area contributed by atoms with Gasteiger partial charge in [-0.15, -0.1) is 0 Å². The quantitative estimate of drug-likeness (QED) is 0.545. The predicted octanol–water partition coefficient (Wildman–Crippen LogP) is 2.22. The zero-order valence-electron chi connectivity index (χ0n) is 12.9. The van der Waals surface area contributed by atoms with Crippen molar-refractivity contribution in [3.63, 3.8) is 0 Å². The number of rotatable bonds is 4. The Morgan fingerprint density at radius 2 is 1.75 bits per heavy atom. The van der Waals surface area contributed by atoms with Crippen LogP contribution in [0.1, 0.15) is 6.92 Å². The summed E-state index contributed by atoms with van der Waals surface area (Å²) in [6.45, 7) is 4.21. The van der Waals surface area contributed by atoms with Gasteiger partial charge in [-0.2, -0.15) is 0 Å². The number of anilines is 1. The number of halogens is 2. The maximum Gasteiger partial charge on any atom is 0.271 e. The largest absolute Gasteiger partial charge is 0.340 e. The topological polar surface area (TPSA) is 95.8 Å². The Kier molecular flexibility index (Phi) is 6.30. The summed E-state index contributed by atoms with van der Waals surface area (Å²) >= 11 is 6.47.